The van der Waals surface area contributed by atoms with E-state index in [1.54, 1.807) is 13.2 Å². The molecule has 2 aromatic carbocycles. The quantitative estimate of drug-likeness (QED) is 0.297. The van der Waals surface area contributed by atoms with Gasteiger partial charge in [-0.1, -0.05) is 36.7 Å². The summed E-state index contributed by atoms with van der Waals surface area (Å²) in [6.07, 6.45) is 14.4. The van der Waals surface area contributed by atoms with Crippen LogP contribution in [0, 0.1) is 17.8 Å². The van der Waals surface area contributed by atoms with Crippen LogP contribution in [0.1, 0.15) is 60.5 Å². The minimum absolute atomic E-state index is 0.0238. The van der Waals surface area contributed by atoms with Crippen molar-refractivity contribution in [3.05, 3.63) is 88.9 Å². The number of rotatable bonds is 3. The van der Waals surface area contributed by atoms with Crippen LogP contribution >= 0.6 is 11.6 Å². The number of benzene rings is 2. The number of carbonyl (C=O) groups is 1. The Morgan fingerprint density at radius 1 is 1.11 bits per heavy atom. The molecule has 1 saturated carbocycles. The van der Waals surface area contributed by atoms with Gasteiger partial charge in [0.05, 0.1) is 30.3 Å². The van der Waals surface area contributed by atoms with Crippen LogP contribution in [0.4, 0.5) is 11.5 Å². The molecule has 5 atom stereocenters. The molecule has 1 unspecified atom stereocenters. The molecular formula is C35H42ClN5O4S. The fourth-order valence-corrected chi connectivity index (χ4v) is 8.80. The van der Waals surface area contributed by atoms with Gasteiger partial charge in [-0.3, -0.25) is 14.5 Å². The lowest BCUT2D eigenvalue weighted by Gasteiger charge is -2.43. The number of hydrogen-bond acceptors (Lipinski definition) is 7. The van der Waals surface area contributed by atoms with Gasteiger partial charge in [0.2, 0.25) is 0 Å². The van der Waals surface area contributed by atoms with E-state index in [0.717, 1.165) is 55.1 Å². The zero-order valence-corrected chi connectivity index (χ0v) is 28.0. The highest BCUT2D eigenvalue weighted by molar-refractivity contribution is 7.95. The lowest BCUT2D eigenvalue weighted by Crippen LogP contribution is -2.43. The van der Waals surface area contributed by atoms with E-state index >= 15 is 0 Å². The molecule has 1 amide bonds. The highest BCUT2D eigenvalue weighted by Gasteiger charge is 2.38. The number of nitrogens with zero attached hydrogens (tertiary/aromatic N) is 4. The molecule has 1 aromatic heterocycles. The monoisotopic (exact) mass is 663 g/mol. The van der Waals surface area contributed by atoms with Crippen molar-refractivity contribution in [1.29, 1.82) is 0 Å². The summed E-state index contributed by atoms with van der Waals surface area (Å²) in [5.41, 5.74) is 3.62. The number of nitrogens with one attached hydrogen (secondary N) is 1. The summed E-state index contributed by atoms with van der Waals surface area (Å²) >= 11 is 6.45. The first kappa shape index (κ1) is 32.5. The highest BCUT2D eigenvalue weighted by Crippen LogP contribution is 2.42. The predicted molar refractivity (Wildman–Crippen MR) is 183 cm³/mol. The molecule has 3 aromatic rings. The number of anilines is 2. The number of fused-ring (bicyclic) bond motifs is 3. The van der Waals surface area contributed by atoms with Gasteiger partial charge in [-0.2, -0.15) is 0 Å². The summed E-state index contributed by atoms with van der Waals surface area (Å²) in [6, 6.07) is 11.6. The van der Waals surface area contributed by atoms with E-state index < -0.39 is 15.8 Å². The van der Waals surface area contributed by atoms with Crippen LogP contribution < -0.4 is 14.4 Å². The van der Waals surface area contributed by atoms with Gasteiger partial charge in [0.25, 0.3) is 5.91 Å². The van der Waals surface area contributed by atoms with Crippen molar-refractivity contribution >= 4 is 38.9 Å². The topological polar surface area (TPSA) is 106 Å². The van der Waals surface area contributed by atoms with Gasteiger partial charge >= 0.3 is 0 Å². The number of halogens is 1. The lowest BCUT2D eigenvalue weighted by molar-refractivity contribution is 0.0133. The number of amides is 1. The van der Waals surface area contributed by atoms with E-state index in [2.05, 4.69) is 48.2 Å². The van der Waals surface area contributed by atoms with Crippen LogP contribution in [0.15, 0.2) is 71.5 Å². The lowest BCUT2D eigenvalue weighted by atomic mass is 9.70. The van der Waals surface area contributed by atoms with Crippen LogP contribution in [0.25, 0.3) is 0 Å². The first-order valence-corrected chi connectivity index (χ1v) is 18.2. The Labute approximate surface area is 277 Å². The predicted octanol–water partition coefficient (Wildman–Crippen LogP) is 7.12. The minimum Gasteiger partial charge on any atom is -0.491 e. The van der Waals surface area contributed by atoms with Crippen LogP contribution in [-0.4, -0.2) is 52.2 Å². The van der Waals surface area contributed by atoms with Gasteiger partial charge in [-0.25, -0.2) is 9.19 Å². The fourth-order valence-electron chi connectivity index (χ4n) is 6.69. The van der Waals surface area contributed by atoms with E-state index in [1.165, 1.54) is 29.7 Å². The first-order valence-electron chi connectivity index (χ1n) is 16.1. The summed E-state index contributed by atoms with van der Waals surface area (Å²) in [4.78, 5) is 24.5. The van der Waals surface area contributed by atoms with Crippen molar-refractivity contribution in [3.63, 3.8) is 0 Å². The third-order valence-corrected chi connectivity index (χ3v) is 11.5. The maximum Gasteiger partial charge on any atom is 0.286 e. The Morgan fingerprint density at radius 3 is 2.78 bits per heavy atom. The molecule has 0 saturated heterocycles. The Balaban J connectivity index is 1.47. The van der Waals surface area contributed by atoms with Crippen molar-refractivity contribution in [1.82, 2.24) is 9.97 Å². The molecular weight excluding hydrogens is 622 g/mol. The molecule has 1 N–H and O–H groups in total. The highest BCUT2D eigenvalue weighted by atomic mass is 35.5. The summed E-state index contributed by atoms with van der Waals surface area (Å²) < 4.78 is 34.0. The summed E-state index contributed by atoms with van der Waals surface area (Å²) in [7, 11) is -1.48. The van der Waals surface area contributed by atoms with Gasteiger partial charge in [0, 0.05) is 43.2 Å². The number of allylic oxidation sites excluding steroid dienone is 1. The molecule has 1 aliphatic carbocycles. The average Bonchev–Trinajstić information content (AvgIpc) is 3.05. The van der Waals surface area contributed by atoms with Crippen LogP contribution in [0.5, 0.6) is 5.75 Å². The molecule has 1 fully saturated rings. The van der Waals surface area contributed by atoms with Crippen LogP contribution in [0.3, 0.4) is 0 Å². The SMILES string of the molecule is CO[C@H]1/C=C/C[C@H](C)CS(=O)(Nc2cnccn2)=NC(=O)c2ccc3c(c2)N(Cc2ccc(Cl)cc2CCCCO3)C[C@@H]2CC[C@H]21. The third-order valence-electron chi connectivity index (χ3n) is 9.23. The minimum atomic E-state index is -3.25. The molecule has 3 aliphatic rings. The Bertz CT molecular complexity index is 1690. The Hall–Kier alpha value is -3.47. The molecule has 244 valence electrons. The number of ether oxygens (including phenoxy) is 2. The smallest absolute Gasteiger partial charge is 0.286 e. The molecule has 0 radical (unpaired) electrons. The van der Waals surface area contributed by atoms with Crippen molar-refractivity contribution in [2.75, 3.05) is 35.6 Å². The van der Waals surface area contributed by atoms with Crippen molar-refractivity contribution in [2.24, 2.45) is 22.1 Å². The Morgan fingerprint density at radius 2 is 2.00 bits per heavy atom. The second-order valence-corrected chi connectivity index (χ2v) is 15.1. The zero-order chi connectivity index (χ0) is 32.1. The average molecular weight is 664 g/mol. The molecule has 0 spiro atoms. The number of aryl methyl sites for hydroxylation is 1. The standard InChI is InChI=1S/C35H42ClN5O4S/c1-24-6-5-8-32(44-2)30-13-10-28(30)22-41-21-27-9-12-29(36)18-25(27)7-3-4-17-45-33-14-11-26(19-31(33)41)35(42)40-46(43,23-24)39-34-20-37-15-16-38-34/h5,8-9,11-12,14-16,18-20,24,28,30,32H,3-4,6-7,10,13,17,21-23H2,1-2H3,(H,38,39,40,42,43)/b8-5+/t24-,28-,30+,32-,46?/m0/s1. The van der Waals surface area contributed by atoms with E-state index in [1.807, 2.05) is 25.1 Å². The van der Waals surface area contributed by atoms with E-state index in [4.69, 9.17) is 21.1 Å². The van der Waals surface area contributed by atoms with E-state index in [-0.39, 0.29) is 17.8 Å². The second kappa shape index (κ2) is 14.5. The van der Waals surface area contributed by atoms with Gasteiger partial charge in [0.1, 0.15) is 15.7 Å². The number of methoxy groups -OCH3 is 1. The number of aromatic nitrogens is 2. The molecule has 2 aliphatic heterocycles. The zero-order valence-electron chi connectivity index (χ0n) is 26.4. The molecule has 6 rings (SSSR count). The van der Waals surface area contributed by atoms with E-state index in [0.29, 0.717) is 42.8 Å². The van der Waals surface area contributed by atoms with Gasteiger partial charge in [-0.05, 0) is 97.7 Å². The van der Waals surface area contributed by atoms with Crippen LogP contribution in [0.2, 0.25) is 5.02 Å². The third kappa shape index (κ3) is 7.73. The van der Waals surface area contributed by atoms with Crippen LogP contribution in [-0.2, 0) is 27.6 Å². The molecule has 46 heavy (non-hydrogen) atoms. The van der Waals surface area contributed by atoms with Gasteiger partial charge < -0.3 is 14.4 Å². The maximum absolute atomic E-state index is 14.4. The van der Waals surface area contributed by atoms with Crippen molar-refractivity contribution in [2.45, 2.75) is 58.1 Å². The number of carbonyl (C=O) groups excluding carboxylic acids is 1. The maximum atomic E-state index is 14.4. The second-order valence-electron chi connectivity index (χ2n) is 12.6. The van der Waals surface area contributed by atoms with Crippen molar-refractivity contribution in [3.8, 4) is 5.75 Å². The van der Waals surface area contributed by atoms with Crippen molar-refractivity contribution < 1.29 is 18.5 Å². The van der Waals surface area contributed by atoms with E-state index in [9.17, 15) is 9.00 Å². The number of hydrogen-bond donors (Lipinski definition) is 1. The molecule has 3 heterocycles. The normalized spacial score (nSPS) is 27.8. The van der Waals surface area contributed by atoms with Gasteiger partial charge in [0.15, 0.2) is 5.82 Å². The summed E-state index contributed by atoms with van der Waals surface area (Å²) in [5, 5.41) is 0.731. The Kier molecular flexibility index (Phi) is 10.3. The molecule has 9 nitrogen and oxygen atoms in total. The summed E-state index contributed by atoms with van der Waals surface area (Å²) in [6.45, 7) is 3.98. The first-order chi connectivity index (χ1) is 22.3. The fraction of sp³-hybridized carbons (Fsp3) is 0.457. The summed E-state index contributed by atoms with van der Waals surface area (Å²) in [5.74, 6) is 1.35. The molecule has 11 heteroatoms. The molecule has 2 bridgehead atoms. The largest absolute Gasteiger partial charge is 0.491 e. The van der Waals surface area contributed by atoms with Gasteiger partial charge in [-0.15, -0.1) is 4.36 Å².